The van der Waals surface area contributed by atoms with Gasteiger partial charge < -0.3 is 10.4 Å². The second-order valence-corrected chi connectivity index (χ2v) is 3.97. The number of rotatable bonds is 3. The van der Waals surface area contributed by atoms with Crippen LogP contribution in [0.3, 0.4) is 0 Å². The first-order valence-electron chi connectivity index (χ1n) is 5.48. The predicted octanol–water partition coefficient (Wildman–Crippen LogP) is 3.78. The molecule has 0 heterocycles. The fourth-order valence-electron chi connectivity index (χ4n) is 1.61. The summed E-state index contributed by atoms with van der Waals surface area (Å²) in [5.41, 5.74) is 4.00. The lowest BCUT2D eigenvalue weighted by Crippen LogP contribution is -1.98. The second kappa shape index (κ2) is 4.74. The van der Waals surface area contributed by atoms with Crippen molar-refractivity contribution < 1.29 is 5.11 Å². The van der Waals surface area contributed by atoms with E-state index in [0.29, 0.717) is 0 Å². The Hall–Kier alpha value is -2.22. The van der Waals surface area contributed by atoms with Crippen LogP contribution in [0.15, 0.2) is 55.1 Å². The number of phenolic OH excluding ortho intramolecular Hbond substituents is 1. The number of phenols is 1. The molecule has 0 atom stereocenters. The van der Waals surface area contributed by atoms with Crippen molar-refractivity contribution in [2.24, 2.45) is 0 Å². The van der Waals surface area contributed by atoms with Crippen LogP contribution >= 0.6 is 0 Å². The smallest absolute Gasteiger partial charge is 0.115 e. The molecule has 2 aromatic carbocycles. The Labute approximate surface area is 101 Å². The van der Waals surface area contributed by atoms with E-state index in [1.54, 1.807) is 12.1 Å². The van der Waals surface area contributed by atoms with Crippen LogP contribution in [-0.4, -0.2) is 5.11 Å². The summed E-state index contributed by atoms with van der Waals surface area (Å²) in [6, 6.07) is 15.0. The van der Waals surface area contributed by atoms with E-state index < -0.39 is 0 Å². The highest BCUT2D eigenvalue weighted by Gasteiger charge is 2.01. The number of hydrogen-bond acceptors (Lipinski definition) is 2. The van der Waals surface area contributed by atoms with Crippen LogP contribution in [0.5, 0.6) is 5.75 Å². The van der Waals surface area contributed by atoms with Crippen molar-refractivity contribution in [2.75, 3.05) is 5.32 Å². The molecule has 0 aliphatic carbocycles. The number of hydrogen-bond donors (Lipinski definition) is 2. The van der Waals surface area contributed by atoms with Crippen molar-refractivity contribution >= 4 is 11.4 Å². The summed E-state index contributed by atoms with van der Waals surface area (Å²) < 4.78 is 0. The van der Waals surface area contributed by atoms with Gasteiger partial charge in [0.05, 0.1) is 0 Å². The average molecular weight is 225 g/mol. The van der Waals surface area contributed by atoms with Crippen LogP contribution in [0.4, 0.5) is 5.69 Å². The minimum atomic E-state index is 0.262. The zero-order chi connectivity index (χ0) is 12.3. The topological polar surface area (TPSA) is 32.3 Å². The Balaban J connectivity index is 2.17. The van der Waals surface area contributed by atoms with Crippen LogP contribution in [0.2, 0.25) is 0 Å². The van der Waals surface area contributed by atoms with Gasteiger partial charge in [0.1, 0.15) is 5.75 Å². The maximum Gasteiger partial charge on any atom is 0.115 e. The highest BCUT2D eigenvalue weighted by molar-refractivity contribution is 5.76. The maximum absolute atomic E-state index is 9.22. The molecule has 0 fully saturated rings. The molecule has 86 valence electrons. The molecule has 0 aromatic heterocycles. The fraction of sp³-hybridized carbons (Fsp3) is 0.0667. The molecule has 17 heavy (non-hydrogen) atoms. The van der Waals surface area contributed by atoms with Crippen molar-refractivity contribution in [1.29, 1.82) is 0 Å². The Morgan fingerprint density at radius 3 is 2.35 bits per heavy atom. The first-order chi connectivity index (χ1) is 8.16. The van der Waals surface area contributed by atoms with Crippen LogP contribution in [0, 0.1) is 6.92 Å². The van der Waals surface area contributed by atoms with Crippen LogP contribution < -0.4 is 5.32 Å². The summed E-state index contributed by atoms with van der Waals surface area (Å²) >= 11 is 0. The molecule has 0 radical (unpaired) electrons. The Kier molecular flexibility index (Phi) is 3.15. The highest BCUT2D eigenvalue weighted by atomic mass is 16.3. The zero-order valence-electron chi connectivity index (χ0n) is 9.77. The predicted molar refractivity (Wildman–Crippen MR) is 71.9 cm³/mol. The lowest BCUT2D eigenvalue weighted by atomic mass is 10.1. The molecule has 2 rings (SSSR count). The van der Waals surface area contributed by atoms with Crippen molar-refractivity contribution in [2.45, 2.75) is 6.92 Å². The molecule has 0 saturated carbocycles. The van der Waals surface area contributed by atoms with E-state index in [1.165, 1.54) is 5.56 Å². The molecule has 2 nitrogen and oxygen atoms in total. The Morgan fingerprint density at radius 1 is 1.06 bits per heavy atom. The molecule has 2 N–H and O–H groups in total. The summed E-state index contributed by atoms with van der Waals surface area (Å²) in [7, 11) is 0. The molecule has 0 bridgehead atoms. The molecule has 2 heteroatoms. The number of para-hydroxylation sites is 1. The summed E-state index contributed by atoms with van der Waals surface area (Å²) in [5.74, 6) is 0.262. The monoisotopic (exact) mass is 225 g/mol. The molecular weight excluding hydrogens is 210 g/mol. The first-order valence-corrected chi connectivity index (χ1v) is 5.48. The van der Waals surface area contributed by atoms with E-state index in [-0.39, 0.29) is 5.75 Å². The van der Waals surface area contributed by atoms with Gasteiger partial charge in [-0.25, -0.2) is 0 Å². The molecule has 2 aromatic rings. The lowest BCUT2D eigenvalue weighted by Gasteiger charge is -2.12. The van der Waals surface area contributed by atoms with Crippen molar-refractivity contribution in [3.8, 4) is 5.75 Å². The van der Waals surface area contributed by atoms with Gasteiger partial charge in [-0.2, -0.15) is 0 Å². The summed E-state index contributed by atoms with van der Waals surface area (Å²) in [4.78, 5) is 0. The van der Waals surface area contributed by atoms with Crippen molar-refractivity contribution in [3.63, 3.8) is 0 Å². The average Bonchev–Trinajstić information content (AvgIpc) is 2.33. The summed E-state index contributed by atoms with van der Waals surface area (Å²) in [6.45, 7) is 6.05. The van der Waals surface area contributed by atoms with Crippen molar-refractivity contribution in [1.82, 2.24) is 0 Å². The Bertz CT molecular complexity index is 529. The normalized spacial score (nSPS) is 9.94. The molecule has 0 spiro atoms. The van der Waals surface area contributed by atoms with Gasteiger partial charge in [0.25, 0.3) is 0 Å². The van der Waals surface area contributed by atoms with Gasteiger partial charge in [-0.3, -0.25) is 0 Å². The summed E-state index contributed by atoms with van der Waals surface area (Å²) in [6.07, 6.45) is 0. The zero-order valence-corrected chi connectivity index (χ0v) is 9.77. The number of aromatic hydroxyl groups is 1. The van der Waals surface area contributed by atoms with E-state index >= 15 is 0 Å². The van der Waals surface area contributed by atoms with E-state index in [4.69, 9.17) is 0 Å². The molecular formula is C15H15NO. The van der Waals surface area contributed by atoms with Crippen molar-refractivity contribution in [3.05, 3.63) is 66.2 Å². The van der Waals surface area contributed by atoms with Gasteiger partial charge >= 0.3 is 0 Å². The van der Waals surface area contributed by atoms with Gasteiger partial charge in [-0.1, -0.05) is 24.8 Å². The number of nitrogens with one attached hydrogen (secondary N) is 1. The third-order valence-electron chi connectivity index (χ3n) is 2.65. The lowest BCUT2D eigenvalue weighted by molar-refractivity contribution is 0.475. The maximum atomic E-state index is 9.22. The molecule has 0 aliphatic rings. The molecule has 0 unspecified atom stereocenters. The van der Waals surface area contributed by atoms with E-state index in [2.05, 4.69) is 11.9 Å². The minimum absolute atomic E-state index is 0.262. The van der Waals surface area contributed by atoms with Crippen LogP contribution in [0.25, 0.3) is 5.70 Å². The molecule has 0 amide bonds. The largest absolute Gasteiger partial charge is 0.508 e. The molecule has 0 saturated heterocycles. The molecule has 0 aliphatic heterocycles. The Morgan fingerprint density at radius 2 is 1.71 bits per heavy atom. The first kappa shape index (κ1) is 11.3. The third-order valence-corrected chi connectivity index (χ3v) is 2.65. The number of benzene rings is 2. The number of aryl methyl sites for hydroxylation is 1. The standard InChI is InChI=1S/C15H15NO/c1-11-5-3-4-6-15(11)16-12(2)13-7-9-14(17)10-8-13/h3-10,16-17H,2H2,1H3. The van der Waals surface area contributed by atoms with Crippen LogP contribution in [-0.2, 0) is 0 Å². The highest BCUT2D eigenvalue weighted by Crippen LogP contribution is 2.21. The van der Waals surface area contributed by atoms with Gasteiger partial charge in [0, 0.05) is 11.4 Å². The fourth-order valence-corrected chi connectivity index (χ4v) is 1.61. The summed E-state index contributed by atoms with van der Waals surface area (Å²) in [5, 5.41) is 12.5. The third kappa shape index (κ3) is 2.67. The van der Waals surface area contributed by atoms with E-state index in [1.807, 2.05) is 43.3 Å². The van der Waals surface area contributed by atoms with Gasteiger partial charge in [-0.15, -0.1) is 0 Å². The van der Waals surface area contributed by atoms with Gasteiger partial charge in [-0.05, 0) is 48.4 Å². The minimum Gasteiger partial charge on any atom is -0.508 e. The number of anilines is 1. The van der Waals surface area contributed by atoms with E-state index in [0.717, 1.165) is 16.9 Å². The second-order valence-electron chi connectivity index (χ2n) is 3.97. The van der Waals surface area contributed by atoms with Gasteiger partial charge in [0.15, 0.2) is 0 Å². The van der Waals surface area contributed by atoms with E-state index in [9.17, 15) is 5.11 Å². The van der Waals surface area contributed by atoms with Crippen LogP contribution in [0.1, 0.15) is 11.1 Å². The quantitative estimate of drug-likeness (QED) is 0.833. The SMILES string of the molecule is C=C(Nc1ccccc1C)c1ccc(O)cc1. The van der Waals surface area contributed by atoms with Gasteiger partial charge in [0.2, 0.25) is 0 Å².